The summed E-state index contributed by atoms with van der Waals surface area (Å²) >= 11 is 0. The number of nitrogens with zero attached hydrogens (tertiary/aromatic N) is 2. The van der Waals surface area contributed by atoms with Crippen molar-refractivity contribution in [3.05, 3.63) is 71.3 Å². The first-order valence-electron chi connectivity index (χ1n) is 10.4. The highest BCUT2D eigenvalue weighted by Crippen LogP contribution is 2.24. The summed E-state index contributed by atoms with van der Waals surface area (Å²) in [4.78, 5) is 18.6. The Balaban J connectivity index is 0.00000320. The van der Waals surface area contributed by atoms with Crippen LogP contribution in [0.25, 0.3) is 0 Å². The van der Waals surface area contributed by atoms with Crippen LogP contribution in [-0.2, 0) is 6.54 Å². The van der Waals surface area contributed by atoms with Crippen LogP contribution in [0.15, 0.2) is 59.6 Å². The van der Waals surface area contributed by atoms with E-state index in [-0.39, 0.29) is 24.0 Å². The summed E-state index contributed by atoms with van der Waals surface area (Å²) in [6.45, 7) is 6.38. The molecule has 3 rings (SSSR count). The molecule has 30 heavy (non-hydrogen) atoms. The number of carbonyl (C=O) groups is 1. The van der Waals surface area contributed by atoms with Crippen LogP contribution in [-0.4, -0.2) is 42.9 Å². The second-order valence-electron chi connectivity index (χ2n) is 7.31. The number of primary amides is 1. The number of likely N-dealkylation sites (tertiary alicyclic amines) is 1. The quantitative estimate of drug-likeness (QED) is 0.283. The fourth-order valence-electron chi connectivity index (χ4n) is 3.71. The molecule has 162 valence electrons. The van der Waals surface area contributed by atoms with Crippen LogP contribution in [0.3, 0.4) is 0 Å². The van der Waals surface area contributed by atoms with Crippen molar-refractivity contribution in [1.29, 1.82) is 0 Å². The van der Waals surface area contributed by atoms with Crippen molar-refractivity contribution in [1.82, 2.24) is 15.5 Å². The Labute approximate surface area is 196 Å². The fraction of sp³-hybridized carbons (Fsp3) is 0.391. The van der Waals surface area contributed by atoms with Crippen LogP contribution in [0, 0.1) is 0 Å². The molecule has 1 heterocycles. The van der Waals surface area contributed by atoms with Crippen molar-refractivity contribution in [3.8, 4) is 0 Å². The maximum absolute atomic E-state index is 11.4. The van der Waals surface area contributed by atoms with E-state index in [1.165, 1.54) is 18.4 Å². The van der Waals surface area contributed by atoms with E-state index in [0.29, 0.717) is 18.2 Å². The van der Waals surface area contributed by atoms with Gasteiger partial charge in [0.2, 0.25) is 5.91 Å². The maximum atomic E-state index is 11.4. The molecule has 6 nitrogen and oxygen atoms in total. The standard InChI is InChI=1S/C23H31N5O.HI/c1-2-25-23(26-16-18-9-8-12-20(15-18)22(24)29)27-17-21(28-13-6-7-14-28)19-10-4-3-5-11-19;/h3-5,8-12,15,21H,2,6-7,13-14,16-17H2,1H3,(H2,24,29)(H2,25,26,27);1H. The van der Waals surface area contributed by atoms with Crippen molar-refractivity contribution in [2.45, 2.75) is 32.4 Å². The maximum Gasteiger partial charge on any atom is 0.248 e. The van der Waals surface area contributed by atoms with E-state index < -0.39 is 5.91 Å². The molecule has 1 aliphatic heterocycles. The van der Waals surface area contributed by atoms with Gasteiger partial charge >= 0.3 is 0 Å². The summed E-state index contributed by atoms with van der Waals surface area (Å²) in [5.74, 6) is 0.356. The highest BCUT2D eigenvalue weighted by molar-refractivity contribution is 14.0. The van der Waals surface area contributed by atoms with Crippen molar-refractivity contribution >= 4 is 35.8 Å². The lowest BCUT2D eigenvalue weighted by molar-refractivity contribution is 0.1000. The molecule has 0 bridgehead atoms. The Kier molecular flexibility index (Phi) is 10.1. The molecular weight excluding hydrogens is 489 g/mol. The van der Waals surface area contributed by atoms with Gasteiger partial charge < -0.3 is 16.4 Å². The zero-order valence-corrected chi connectivity index (χ0v) is 19.8. The van der Waals surface area contributed by atoms with Gasteiger partial charge in [-0.2, -0.15) is 0 Å². The number of nitrogens with two attached hydrogens (primary N) is 1. The zero-order valence-electron chi connectivity index (χ0n) is 17.5. The summed E-state index contributed by atoms with van der Waals surface area (Å²) in [6, 6.07) is 18.3. The SMILES string of the molecule is CCNC(=NCc1cccc(C(N)=O)c1)NCC(c1ccccc1)N1CCCC1.I. The normalized spacial score (nSPS) is 15.3. The number of halogens is 1. The van der Waals surface area contributed by atoms with Gasteiger partial charge in [0.05, 0.1) is 12.6 Å². The lowest BCUT2D eigenvalue weighted by Gasteiger charge is -2.29. The smallest absolute Gasteiger partial charge is 0.248 e. The Morgan fingerprint density at radius 2 is 1.83 bits per heavy atom. The average Bonchev–Trinajstić information content (AvgIpc) is 3.27. The van der Waals surface area contributed by atoms with E-state index in [9.17, 15) is 4.79 Å². The minimum Gasteiger partial charge on any atom is -0.366 e. The van der Waals surface area contributed by atoms with E-state index >= 15 is 0 Å². The Hall–Kier alpha value is -2.13. The molecule has 4 N–H and O–H groups in total. The lowest BCUT2D eigenvalue weighted by atomic mass is 10.1. The van der Waals surface area contributed by atoms with Gasteiger partial charge in [0, 0.05) is 18.7 Å². The van der Waals surface area contributed by atoms with E-state index in [1.807, 2.05) is 12.1 Å². The molecule has 1 atom stereocenters. The molecule has 1 unspecified atom stereocenters. The number of benzene rings is 2. The molecule has 2 aromatic rings. The highest BCUT2D eigenvalue weighted by Gasteiger charge is 2.23. The molecule has 0 radical (unpaired) electrons. The number of aliphatic imine (C=N–C) groups is 1. The van der Waals surface area contributed by atoms with Crippen molar-refractivity contribution < 1.29 is 4.79 Å². The molecular formula is C23H32IN5O. The Bertz CT molecular complexity index is 821. The third-order valence-electron chi connectivity index (χ3n) is 5.20. The molecule has 0 saturated carbocycles. The van der Waals surface area contributed by atoms with E-state index in [1.54, 1.807) is 12.1 Å². The summed E-state index contributed by atoms with van der Waals surface area (Å²) in [5.41, 5.74) is 8.17. The predicted octanol–water partition coefficient (Wildman–Crippen LogP) is 3.30. The van der Waals surface area contributed by atoms with Crippen LogP contribution < -0.4 is 16.4 Å². The van der Waals surface area contributed by atoms with Gasteiger partial charge in [-0.25, -0.2) is 4.99 Å². The van der Waals surface area contributed by atoms with E-state index in [0.717, 1.165) is 37.7 Å². The number of hydrogen-bond donors (Lipinski definition) is 3. The van der Waals surface area contributed by atoms with Crippen LogP contribution in [0.4, 0.5) is 0 Å². The first-order chi connectivity index (χ1) is 14.2. The fourth-order valence-corrected chi connectivity index (χ4v) is 3.71. The second kappa shape index (κ2) is 12.5. The first-order valence-corrected chi connectivity index (χ1v) is 10.4. The van der Waals surface area contributed by atoms with Gasteiger partial charge in [-0.15, -0.1) is 24.0 Å². The minimum absolute atomic E-state index is 0. The van der Waals surface area contributed by atoms with Gasteiger partial charge in [-0.3, -0.25) is 9.69 Å². The van der Waals surface area contributed by atoms with Crippen LogP contribution in [0.1, 0.15) is 47.3 Å². The summed E-state index contributed by atoms with van der Waals surface area (Å²) in [7, 11) is 0. The van der Waals surface area contributed by atoms with Gasteiger partial charge in [-0.1, -0.05) is 42.5 Å². The molecule has 0 aromatic heterocycles. The van der Waals surface area contributed by atoms with Gasteiger partial charge in [0.25, 0.3) is 0 Å². The monoisotopic (exact) mass is 521 g/mol. The van der Waals surface area contributed by atoms with Crippen molar-refractivity contribution in [3.63, 3.8) is 0 Å². The van der Waals surface area contributed by atoms with E-state index in [4.69, 9.17) is 10.7 Å². The van der Waals surface area contributed by atoms with Gasteiger partial charge in [0.1, 0.15) is 0 Å². The Morgan fingerprint density at radius 1 is 1.10 bits per heavy atom. The highest BCUT2D eigenvalue weighted by atomic mass is 127. The number of rotatable bonds is 8. The Morgan fingerprint density at radius 3 is 2.50 bits per heavy atom. The first kappa shape index (κ1) is 24.1. The van der Waals surface area contributed by atoms with E-state index in [2.05, 4.69) is 52.8 Å². The molecule has 1 aliphatic rings. The minimum atomic E-state index is -0.419. The number of nitrogens with one attached hydrogen (secondary N) is 2. The molecule has 1 amide bonds. The number of amides is 1. The van der Waals surface area contributed by atoms with Gasteiger partial charge in [-0.05, 0) is 56.1 Å². The molecule has 0 spiro atoms. The third kappa shape index (κ3) is 6.98. The largest absolute Gasteiger partial charge is 0.366 e. The summed E-state index contributed by atoms with van der Waals surface area (Å²) < 4.78 is 0. The average molecular weight is 521 g/mol. The number of hydrogen-bond acceptors (Lipinski definition) is 3. The topological polar surface area (TPSA) is 82.7 Å². The molecule has 2 aromatic carbocycles. The molecule has 7 heteroatoms. The summed E-state index contributed by atoms with van der Waals surface area (Å²) in [6.07, 6.45) is 2.52. The van der Waals surface area contributed by atoms with Crippen LogP contribution in [0.5, 0.6) is 0 Å². The van der Waals surface area contributed by atoms with Crippen LogP contribution >= 0.6 is 24.0 Å². The zero-order chi connectivity index (χ0) is 20.5. The van der Waals surface area contributed by atoms with Gasteiger partial charge in [0.15, 0.2) is 5.96 Å². The predicted molar refractivity (Wildman–Crippen MR) is 133 cm³/mol. The third-order valence-corrected chi connectivity index (χ3v) is 5.20. The second-order valence-corrected chi connectivity index (χ2v) is 7.31. The number of carbonyl (C=O) groups excluding carboxylic acids is 1. The van der Waals surface area contributed by atoms with Crippen molar-refractivity contribution in [2.75, 3.05) is 26.2 Å². The molecule has 0 aliphatic carbocycles. The van der Waals surface area contributed by atoms with Crippen molar-refractivity contribution in [2.24, 2.45) is 10.7 Å². The number of guanidine groups is 1. The lowest BCUT2D eigenvalue weighted by Crippen LogP contribution is -2.42. The molecule has 1 fully saturated rings. The van der Waals surface area contributed by atoms with Crippen LogP contribution in [0.2, 0.25) is 0 Å². The molecule has 1 saturated heterocycles. The summed E-state index contributed by atoms with van der Waals surface area (Å²) in [5, 5.41) is 6.83.